The number of rotatable bonds is 8. The highest BCUT2D eigenvalue weighted by Gasteiger charge is 2.35. The highest BCUT2D eigenvalue weighted by atomic mass is 79.9. The average molecular weight is 627 g/mol. The van der Waals surface area contributed by atoms with Crippen LogP contribution in [0.4, 0.5) is 9.18 Å². The number of hydrogen-bond acceptors (Lipinski definition) is 7. The SMILES string of the molecule is CCOc1cc(/C=C2\SC(=O)N(Cc3ccc(F)cc3Cl)C2=O)cc(Br)c1OS(=O)(=O)c1ccccc1. The normalized spacial score (nSPS) is 14.9. The Morgan fingerprint density at radius 3 is 2.51 bits per heavy atom. The standard InChI is InChI=1S/C25H18BrClFNO6S2/c1-2-34-21-11-15(10-19(26)23(21)35-37(32,33)18-6-4-3-5-7-18)12-22-24(30)29(25(31)36-22)14-16-8-9-17(28)13-20(16)27/h3-13H,2,14H2,1H3/b22-12-. The number of hydrogen-bond donors (Lipinski definition) is 0. The molecule has 0 N–H and O–H groups in total. The molecule has 0 bridgehead atoms. The lowest BCUT2D eigenvalue weighted by Crippen LogP contribution is -2.27. The van der Waals surface area contributed by atoms with Gasteiger partial charge >= 0.3 is 10.1 Å². The second-order valence-corrected chi connectivity index (χ2v) is 11.4. The van der Waals surface area contributed by atoms with Gasteiger partial charge in [0, 0.05) is 5.02 Å². The van der Waals surface area contributed by atoms with Crippen molar-refractivity contribution in [1.82, 2.24) is 4.90 Å². The van der Waals surface area contributed by atoms with E-state index in [9.17, 15) is 22.4 Å². The third-order valence-corrected chi connectivity index (χ3v) is 8.16. The minimum absolute atomic E-state index is 0.0247. The lowest BCUT2D eigenvalue weighted by atomic mass is 10.1. The number of imide groups is 1. The van der Waals surface area contributed by atoms with Crippen molar-refractivity contribution >= 4 is 66.6 Å². The number of ether oxygens (including phenoxy) is 1. The Morgan fingerprint density at radius 2 is 1.84 bits per heavy atom. The van der Waals surface area contributed by atoms with Gasteiger partial charge in [-0.05, 0) is 88.2 Å². The number of carbonyl (C=O) groups excluding carboxylic acids is 2. The van der Waals surface area contributed by atoms with E-state index in [4.69, 9.17) is 20.5 Å². The summed E-state index contributed by atoms with van der Waals surface area (Å²) in [5, 5.41) is -0.399. The maximum atomic E-state index is 13.3. The monoisotopic (exact) mass is 625 g/mol. The van der Waals surface area contributed by atoms with Crippen LogP contribution in [0.15, 0.2) is 74.9 Å². The molecule has 1 aliphatic rings. The number of carbonyl (C=O) groups is 2. The quantitative estimate of drug-likeness (QED) is 0.204. The van der Waals surface area contributed by atoms with Gasteiger partial charge in [0.15, 0.2) is 11.5 Å². The second kappa shape index (κ2) is 11.3. The van der Waals surface area contributed by atoms with E-state index in [0.29, 0.717) is 11.1 Å². The van der Waals surface area contributed by atoms with Crippen LogP contribution in [0.5, 0.6) is 11.5 Å². The zero-order valence-corrected chi connectivity index (χ0v) is 23.1. The minimum atomic E-state index is -4.14. The molecule has 0 unspecified atom stereocenters. The van der Waals surface area contributed by atoms with Gasteiger partial charge in [0.05, 0.1) is 22.5 Å². The first-order chi connectivity index (χ1) is 17.6. The van der Waals surface area contributed by atoms with E-state index in [2.05, 4.69) is 15.9 Å². The van der Waals surface area contributed by atoms with Crippen molar-refractivity contribution < 1.29 is 31.3 Å². The fourth-order valence-corrected chi connectivity index (χ4v) is 6.06. The zero-order valence-electron chi connectivity index (χ0n) is 19.1. The van der Waals surface area contributed by atoms with Gasteiger partial charge in [-0.3, -0.25) is 14.5 Å². The summed E-state index contributed by atoms with van der Waals surface area (Å²) in [5.41, 5.74) is 0.888. The van der Waals surface area contributed by atoms with E-state index in [1.54, 1.807) is 31.2 Å². The highest BCUT2D eigenvalue weighted by Crippen LogP contribution is 2.41. The Kier molecular flexibility index (Phi) is 8.27. The van der Waals surface area contributed by atoms with Gasteiger partial charge in [0.1, 0.15) is 10.7 Å². The molecule has 1 aliphatic heterocycles. The summed E-state index contributed by atoms with van der Waals surface area (Å²) in [6, 6.07) is 14.4. The van der Waals surface area contributed by atoms with Gasteiger partial charge < -0.3 is 8.92 Å². The maximum Gasteiger partial charge on any atom is 0.339 e. The topological polar surface area (TPSA) is 90.0 Å². The van der Waals surface area contributed by atoms with E-state index in [1.807, 2.05) is 0 Å². The largest absolute Gasteiger partial charge is 0.490 e. The molecule has 0 atom stereocenters. The van der Waals surface area contributed by atoms with Crippen LogP contribution in [0, 0.1) is 5.82 Å². The van der Waals surface area contributed by atoms with E-state index in [-0.39, 0.29) is 43.9 Å². The van der Waals surface area contributed by atoms with E-state index in [0.717, 1.165) is 22.7 Å². The number of thioether (sulfide) groups is 1. The molecule has 37 heavy (non-hydrogen) atoms. The van der Waals surface area contributed by atoms with Crippen LogP contribution in [0.1, 0.15) is 18.1 Å². The van der Waals surface area contributed by atoms with Crippen LogP contribution < -0.4 is 8.92 Å². The Labute approximate surface area is 230 Å². The molecule has 192 valence electrons. The first kappa shape index (κ1) is 27.2. The van der Waals surface area contributed by atoms with E-state index < -0.39 is 27.1 Å². The molecule has 0 aromatic heterocycles. The van der Waals surface area contributed by atoms with E-state index >= 15 is 0 Å². The molecule has 2 amide bonds. The van der Waals surface area contributed by atoms with Crippen molar-refractivity contribution in [3.05, 3.63) is 92.0 Å². The first-order valence-electron chi connectivity index (χ1n) is 10.7. The maximum absolute atomic E-state index is 13.3. The van der Waals surface area contributed by atoms with Crippen molar-refractivity contribution in [2.75, 3.05) is 6.61 Å². The van der Waals surface area contributed by atoms with Crippen LogP contribution in [0.2, 0.25) is 5.02 Å². The Balaban J connectivity index is 1.62. The summed E-state index contributed by atoms with van der Waals surface area (Å²) < 4.78 is 50.1. The van der Waals surface area contributed by atoms with Gasteiger partial charge in [0.2, 0.25) is 0 Å². The van der Waals surface area contributed by atoms with Crippen LogP contribution in [-0.4, -0.2) is 31.1 Å². The molecular weight excluding hydrogens is 609 g/mol. The third kappa shape index (κ3) is 6.18. The van der Waals surface area contributed by atoms with Gasteiger partial charge in [-0.2, -0.15) is 8.42 Å². The van der Waals surface area contributed by atoms with Crippen LogP contribution in [0.25, 0.3) is 6.08 Å². The molecule has 7 nitrogen and oxygen atoms in total. The molecule has 0 radical (unpaired) electrons. The Hall–Kier alpha value is -2.86. The number of amides is 2. The smallest absolute Gasteiger partial charge is 0.339 e. The molecule has 3 aromatic carbocycles. The summed E-state index contributed by atoms with van der Waals surface area (Å²) in [5.74, 6) is -0.999. The molecular formula is C25H18BrClFNO6S2. The molecule has 0 aliphatic carbocycles. The fourth-order valence-electron chi connectivity index (χ4n) is 3.37. The molecule has 0 saturated carbocycles. The predicted octanol–water partition coefficient (Wildman–Crippen LogP) is 6.64. The molecule has 1 saturated heterocycles. The summed E-state index contributed by atoms with van der Waals surface area (Å²) in [7, 11) is -4.14. The third-order valence-electron chi connectivity index (χ3n) is 5.07. The Bertz CT molecular complexity index is 1520. The molecule has 0 spiro atoms. The number of nitrogens with zero attached hydrogens (tertiary/aromatic N) is 1. The number of benzene rings is 3. The molecule has 4 rings (SSSR count). The van der Waals surface area contributed by atoms with Crippen molar-refractivity contribution in [3.63, 3.8) is 0 Å². The van der Waals surface area contributed by atoms with Crippen LogP contribution in [-0.2, 0) is 21.5 Å². The van der Waals surface area contributed by atoms with Gasteiger partial charge in [-0.25, -0.2) is 4.39 Å². The van der Waals surface area contributed by atoms with Gasteiger partial charge in [-0.1, -0.05) is 35.9 Å². The van der Waals surface area contributed by atoms with Crippen molar-refractivity contribution in [2.45, 2.75) is 18.4 Å². The lowest BCUT2D eigenvalue weighted by molar-refractivity contribution is -0.123. The highest BCUT2D eigenvalue weighted by molar-refractivity contribution is 9.10. The summed E-state index contributed by atoms with van der Waals surface area (Å²) in [4.78, 5) is 26.6. The van der Waals surface area contributed by atoms with Crippen molar-refractivity contribution in [1.29, 1.82) is 0 Å². The second-order valence-electron chi connectivity index (χ2n) is 7.62. The predicted molar refractivity (Wildman–Crippen MR) is 142 cm³/mol. The van der Waals surface area contributed by atoms with Crippen LogP contribution >= 0.6 is 39.3 Å². The average Bonchev–Trinajstić information content (AvgIpc) is 3.11. The molecule has 1 heterocycles. The van der Waals surface area contributed by atoms with Crippen molar-refractivity contribution in [2.24, 2.45) is 0 Å². The summed E-state index contributed by atoms with van der Waals surface area (Å²) >= 11 is 10.1. The molecule has 3 aromatic rings. The summed E-state index contributed by atoms with van der Waals surface area (Å²) in [6.07, 6.45) is 1.49. The molecule has 12 heteroatoms. The summed E-state index contributed by atoms with van der Waals surface area (Å²) in [6.45, 7) is 1.83. The van der Waals surface area contributed by atoms with E-state index in [1.165, 1.54) is 36.4 Å². The zero-order chi connectivity index (χ0) is 26.7. The van der Waals surface area contributed by atoms with Gasteiger partial charge in [0.25, 0.3) is 11.1 Å². The fraction of sp³-hybridized carbons (Fsp3) is 0.120. The molecule has 1 fully saturated rings. The minimum Gasteiger partial charge on any atom is -0.490 e. The van der Waals surface area contributed by atoms with Crippen LogP contribution in [0.3, 0.4) is 0 Å². The Morgan fingerprint density at radius 1 is 1.11 bits per heavy atom. The van der Waals surface area contributed by atoms with Crippen molar-refractivity contribution in [3.8, 4) is 11.5 Å². The van der Waals surface area contributed by atoms with Gasteiger partial charge in [-0.15, -0.1) is 0 Å². The first-order valence-corrected chi connectivity index (χ1v) is 14.1. The number of halogens is 3. The lowest BCUT2D eigenvalue weighted by Gasteiger charge is -2.15.